The molecule has 1 fully saturated rings. The van der Waals surface area contributed by atoms with Crippen LogP contribution in [0.3, 0.4) is 0 Å². The maximum absolute atomic E-state index is 12.0. The zero-order valence-corrected chi connectivity index (χ0v) is 11.9. The fraction of sp³-hybridized carbons (Fsp3) is 0.533. The van der Waals surface area contributed by atoms with Gasteiger partial charge in [0.1, 0.15) is 0 Å². The first-order chi connectivity index (χ1) is 9.74. The number of nitrogens with zero attached hydrogens (tertiary/aromatic N) is 1. The molecule has 1 saturated heterocycles. The number of likely N-dealkylation sites (tertiary alicyclic amines) is 1. The number of hydrazine groups is 1. The monoisotopic (exact) mass is 277 g/mol. The molecule has 0 aromatic heterocycles. The normalized spacial score (nSPS) is 18.7. The molecule has 1 aromatic rings. The summed E-state index contributed by atoms with van der Waals surface area (Å²) in [5.74, 6) is 4.96. The van der Waals surface area contributed by atoms with Crippen molar-refractivity contribution in [2.45, 2.75) is 24.9 Å². The number of hydrogen-bond donors (Lipinski definition) is 2. The Kier molecular flexibility index (Phi) is 5.52. The molecule has 3 N–H and O–H groups in total. The van der Waals surface area contributed by atoms with E-state index in [0.29, 0.717) is 12.6 Å². The Morgan fingerprint density at radius 3 is 2.60 bits per heavy atom. The van der Waals surface area contributed by atoms with E-state index >= 15 is 0 Å². The van der Waals surface area contributed by atoms with Gasteiger partial charge in [-0.3, -0.25) is 10.2 Å². The number of carbonyl (C=O) groups is 1. The van der Waals surface area contributed by atoms with Gasteiger partial charge < -0.3 is 9.64 Å². The predicted molar refractivity (Wildman–Crippen MR) is 78.0 cm³/mol. The number of methoxy groups -OCH3 is 1. The number of ether oxygens (including phenoxy) is 1. The topological polar surface area (TPSA) is 67.6 Å². The molecule has 1 atom stereocenters. The number of carbonyl (C=O) groups excluding carboxylic acids is 1. The Balaban J connectivity index is 2.00. The standard InChI is InChI=1S/C15H23N3O2/c1-20-13-7-9-18(10-8-13)11-14(15(19)17-16)12-5-3-2-4-6-12/h2-6,13-14H,7-11,16H2,1H3,(H,17,19). The lowest BCUT2D eigenvalue weighted by atomic mass is 9.96. The van der Waals surface area contributed by atoms with Crippen LogP contribution in [0.2, 0.25) is 0 Å². The van der Waals surface area contributed by atoms with Gasteiger partial charge in [0.05, 0.1) is 12.0 Å². The summed E-state index contributed by atoms with van der Waals surface area (Å²) in [6, 6.07) is 9.79. The van der Waals surface area contributed by atoms with E-state index in [1.807, 2.05) is 30.3 Å². The minimum atomic E-state index is -0.222. The van der Waals surface area contributed by atoms with E-state index in [1.165, 1.54) is 0 Å². The van der Waals surface area contributed by atoms with Crippen molar-refractivity contribution in [1.29, 1.82) is 0 Å². The van der Waals surface area contributed by atoms with Crippen molar-refractivity contribution in [2.24, 2.45) is 5.84 Å². The van der Waals surface area contributed by atoms with Gasteiger partial charge in [0, 0.05) is 26.7 Å². The van der Waals surface area contributed by atoms with Gasteiger partial charge in [-0.25, -0.2) is 5.84 Å². The first-order valence-corrected chi connectivity index (χ1v) is 7.05. The number of rotatable bonds is 5. The van der Waals surface area contributed by atoms with Gasteiger partial charge in [-0.2, -0.15) is 0 Å². The minimum absolute atomic E-state index is 0.134. The van der Waals surface area contributed by atoms with Gasteiger partial charge >= 0.3 is 0 Å². The summed E-state index contributed by atoms with van der Waals surface area (Å²) in [4.78, 5) is 14.3. The molecule has 1 heterocycles. The van der Waals surface area contributed by atoms with Crippen LogP contribution < -0.4 is 11.3 Å². The third-order valence-corrected chi connectivity index (χ3v) is 3.97. The zero-order valence-electron chi connectivity index (χ0n) is 11.9. The minimum Gasteiger partial charge on any atom is -0.381 e. The van der Waals surface area contributed by atoms with Crippen LogP contribution >= 0.6 is 0 Å². The lowest BCUT2D eigenvalue weighted by molar-refractivity contribution is -0.123. The Bertz CT molecular complexity index is 416. The summed E-state index contributed by atoms with van der Waals surface area (Å²) < 4.78 is 5.37. The van der Waals surface area contributed by atoms with Gasteiger partial charge in [0.25, 0.3) is 0 Å². The van der Waals surface area contributed by atoms with Crippen LogP contribution in [0.25, 0.3) is 0 Å². The van der Waals surface area contributed by atoms with Crippen LogP contribution in [-0.2, 0) is 9.53 Å². The number of hydrogen-bond acceptors (Lipinski definition) is 4. The van der Waals surface area contributed by atoms with E-state index in [9.17, 15) is 4.79 Å². The summed E-state index contributed by atoms with van der Waals surface area (Å²) in [5, 5.41) is 0. The maximum Gasteiger partial charge on any atom is 0.242 e. The highest BCUT2D eigenvalue weighted by Crippen LogP contribution is 2.20. The molecule has 110 valence electrons. The smallest absolute Gasteiger partial charge is 0.242 e. The van der Waals surface area contributed by atoms with E-state index in [0.717, 1.165) is 31.5 Å². The number of nitrogens with one attached hydrogen (secondary N) is 1. The lowest BCUT2D eigenvalue weighted by Crippen LogP contribution is -2.43. The quantitative estimate of drug-likeness (QED) is 0.476. The van der Waals surface area contributed by atoms with Crippen LogP contribution in [0, 0.1) is 0 Å². The summed E-state index contributed by atoms with van der Waals surface area (Å²) in [6.07, 6.45) is 2.38. The molecule has 0 radical (unpaired) electrons. The molecule has 1 unspecified atom stereocenters. The van der Waals surface area contributed by atoms with Crippen molar-refractivity contribution >= 4 is 5.91 Å². The molecule has 1 aromatic carbocycles. The second-order valence-electron chi connectivity index (χ2n) is 5.21. The van der Waals surface area contributed by atoms with Crippen molar-refractivity contribution in [1.82, 2.24) is 10.3 Å². The van der Waals surface area contributed by atoms with Crippen LogP contribution in [0.1, 0.15) is 24.3 Å². The molecule has 1 amide bonds. The molecule has 0 saturated carbocycles. The first-order valence-electron chi connectivity index (χ1n) is 7.05. The number of piperidine rings is 1. The third-order valence-electron chi connectivity index (χ3n) is 3.97. The highest BCUT2D eigenvalue weighted by atomic mass is 16.5. The molecule has 0 aliphatic carbocycles. The second-order valence-corrected chi connectivity index (χ2v) is 5.21. The first kappa shape index (κ1) is 15.0. The summed E-state index contributed by atoms with van der Waals surface area (Å²) in [5.41, 5.74) is 3.29. The van der Waals surface area contributed by atoms with Crippen LogP contribution in [0.4, 0.5) is 0 Å². The molecule has 2 rings (SSSR count). The molecule has 0 spiro atoms. The number of amides is 1. The van der Waals surface area contributed by atoms with E-state index in [-0.39, 0.29) is 11.8 Å². The Hall–Kier alpha value is -1.43. The second kappa shape index (κ2) is 7.38. The molecule has 5 nitrogen and oxygen atoms in total. The van der Waals surface area contributed by atoms with Crippen molar-refractivity contribution < 1.29 is 9.53 Å². The Morgan fingerprint density at radius 2 is 2.05 bits per heavy atom. The molecule has 20 heavy (non-hydrogen) atoms. The zero-order chi connectivity index (χ0) is 14.4. The average Bonchev–Trinajstić information content (AvgIpc) is 2.53. The van der Waals surface area contributed by atoms with Gasteiger partial charge in [0.15, 0.2) is 0 Å². The Morgan fingerprint density at radius 1 is 1.40 bits per heavy atom. The SMILES string of the molecule is COC1CCN(CC(C(=O)NN)c2ccccc2)CC1. The largest absolute Gasteiger partial charge is 0.381 e. The fourth-order valence-electron chi connectivity index (χ4n) is 2.71. The molecule has 0 bridgehead atoms. The summed E-state index contributed by atoms with van der Waals surface area (Å²) >= 11 is 0. The van der Waals surface area contributed by atoms with Crippen LogP contribution in [0.5, 0.6) is 0 Å². The summed E-state index contributed by atoms with van der Waals surface area (Å²) in [7, 11) is 1.76. The van der Waals surface area contributed by atoms with E-state index in [4.69, 9.17) is 10.6 Å². The van der Waals surface area contributed by atoms with Gasteiger partial charge in [-0.1, -0.05) is 30.3 Å². The molecular weight excluding hydrogens is 254 g/mol. The van der Waals surface area contributed by atoms with Gasteiger partial charge in [-0.05, 0) is 18.4 Å². The van der Waals surface area contributed by atoms with Crippen LogP contribution in [-0.4, -0.2) is 43.7 Å². The van der Waals surface area contributed by atoms with Crippen molar-refractivity contribution in [3.63, 3.8) is 0 Å². The van der Waals surface area contributed by atoms with Crippen molar-refractivity contribution in [3.05, 3.63) is 35.9 Å². The fourth-order valence-corrected chi connectivity index (χ4v) is 2.71. The Labute approximate surface area is 120 Å². The summed E-state index contributed by atoms with van der Waals surface area (Å²) in [6.45, 7) is 2.61. The number of nitrogens with two attached hydrogens (primary N) is 1. The van der Waals surface area contributed by atoms with Gasteiger partial charge in [-0.15, -0.1) is 0 Å². The highest BCUT2D eigenvalue weighted by Gasteiger charge is 2.26. The lowest BCUT2D eigenvalue weighted by Gasteiger charge is -2.33. The van der Waals surface area contributed by atoms with E-state index in [1.54, 1.807) is 7.11 Å². The molecular formula is C15H23N3O2. The average molecular weight is 277 g/mol. The van der Waals surface area contributed by atoms with Crippen LogP contribution in [0.15, 0.2) is 30.3 Å². The molecule has 1 aliphatic rings. The predicted octanol–water partition coefficient (Wildman–Crippen LogP) is 0.871. The maximum atomic E-state index is 12.0. The van der Waals surface area contributed by atoms with E-state index < -0.39 is 0 Å². The van der Waals surface area contributed by atoms with Gasteiger partial charge in [0.2, 0.25) is 5.91 Å². The van der Waals surface area contributed by atoms with Crippen molar-refractivity contribution in [3.8, 4) is 0 Å². The molecule has 5 heteroatoms. The van der Waals surface area contributed by atoms with Crippen molar-refractivity contribution in [2.75, 3.05) is 26.7 Å². The number of benzene rings is 1. The van der Waals surface area contributed by atoms with E-state index in [2.05, 4.69) is 10.3 Å². The third kappa shape index (κ3) is 3.79. The highest BCUT2D eigenvalue weighted by molar-refractivity contribution is 5.83. The molecule has 1 aliphatic heterocycles.